The molecule has 9 aromatic rings. The topological polar surface area (TPSA) is 153 Å². The van der Waals surface area contributed by atoms with Gasteiger partial charge in [0.05, 0.1) is 56.7 Å². The van der Waals surface area contributed by atoms with Gasteiger partial charge in [0.2, 0.25) is 0 Å². The summed E-state index contributed by atoms with van der Waals surface area (Å²) in [7, 11) is 0. The maximum absolute atomic E-state index is 12.8. The number of hydrogen-bond acceptors (Lipinski definition) is 13. The molecular formula is C67H68N4O5S4. The summed E-state index contributed by atoms with van der Waals surface area (Å²) in [6, 6.07) is 38.3. The number of thioether (sulfide) groups is 4. The van der Waals surface area contributed by atoms with Crippen molar-refractivity contribution < 1.29 is 25.5 Å². The summed E-state index contributed by atoms with van der Waals surface area (Å²) < 4.78 is 0. The Balaban J connectivity index is 1.23. The van der Waals surface area contributed by atoms with E-state index in [4.69, 9.17) is 19.9 Å². The van der Waals surface area contributed by atoms with Crippen molar-refractivity contribution in [2.45, 2.75) is 108 Å². The molecule has 0 atom stereocenters. The Morgan fingerprint density at radius 1 is 0.300 bits per heavy atom. The van der Waals surface area contributed by atoms with Crippen LogP contribution in [0, 0.1) is 34.6 Å². The molecule has 0 aliphatic heterocycles. The monoisotopic (exact) mass is 1140 g/mol. The fourth-order valence-electron chi connectivity index (χ4n) is 9.75. The largest absolute Gasteiger partial charge is 0.507 e. The van der Waals surface area contributed by atoms with Crippen molar-refractivity contribution in [1.29, 1.82) is 0 Å². The highest BCUT2D eigenvalue weighted by Gasteiger charge is 2.26. The van der Waals surface area contributed by atoms with Crippen LogP contribution in [0.15, 0.2) is 141 Å². The van der Waals surface area contributed by atoms with E-state index >= 15 is 0 Å². The van der Waals surface area contributed by atoms with Crippen LogP contribution in [-0.2, 0) is 0 Å². The number of pyridine rings is 4. The molecule has 9 nitrogen and oxygen atoms in total. The minimum atomic E-state index is -0.0139. The molecule has 80 heavy (non-hydrogen) atoms. The van der Waals surface area contributed by atoms with E-state index in [1.54, 1.807) is 71.3 Å². The van der Waals surface area contributed by atoms with Crippen molar-refractivity contribution in [1.82, 2.24) is 19.9 Å². The first-order valence-electron chi connectivity index (χ1n) is 27.3. The summed E-state index contributed by atoms with van der Waals surface area (Å²) in [6.07, 6.45) is 3.79. The second kappa shape index (κ2) is 25.7. The van der Waals surface area contributed by atoms with E-state index in [0.29, 0.717) is 90.1 Å². The van der Waals surface area contributed by atoms with E-state index in [1.807, 2.05) is 120 Å². The molecule has 0 aliphatic rings. The molecule has 410 valence electrons. The lowest BCUT2D eigenvalue weighted by Gasteiger charge is -2.19. The number of phenols is 5. The van der Waals surface area contributed by atoms with E-state index in [-0.39, 0.29) is 28.7 Å². The maximum atomic E-state index is 12.8. The van der Waals surface area contributed by atoms with Crippen LogP contribution in [-0.4, -0.2) is 68.5 Å². The Labute approximate surface area is 487 Å². The lowest BCUT2D eigenvalue weighted by atomic mass is 9.93. The highest BCUT2D eigenvalue weighted by Crippen LogP contribution is 2.48. The lowest BCUT2D eigenvalue weighted by Crippen LogP contribution is -1.99. The van der Waals surface area contributed by atoms with Gasteiger partial charge in [0.15, 0.2) is 0 Å². The fraction of sp³-hybridized carbons (Fsp3) is 0.254. The molecule has 0 saturated heterocycles. The first-order chi connectivity index (χ1) is 38.6. The second-order valence-corrected chi connectivity index (χ2v) is 24.9. The van der Waals surface area contributed by atoms with Crippen LogP contribution in [0.25, 0.3) is 90.1 Å². The predicted octanol–water partition coefficient (Wildman–Crippen LogP) is 18.7. The van der Waals surface area contributed by atoms with Crippen LogP contribution in [0.5, 0.6) is 28.7 Å². The number of nitrogens with zero attached hydrogens (tertiary/aromatic N) is 4. The summed E-state index contributed by atoms with van der Waals surface area (Å²) in [5.74, 6) is 3.76. The van der Waals surface area contributed by atoms with Crippen molar-refractivity contribution in [2.75, 3.05) is 23.0 Å². The molecule has 0 fully saturated rings. The number of aromatic hydroxyl groups is 5. The van der Waals surface area contributed by atoms with Gasteiger partial charge >= 0.3 is 0 Å². The Morgan fingerprint density at radius 3 is 0.900 bits per heavy atom. The minimum absolute atomic E-state index is 0.0139. The molecule has 13 heteroatoms. The van der Waals surface area contributed by atoms with Crippen LogP contribution in [0.1, 0.15) is 81.2 Å². The van der Waals surface area contributed by atoms with Gasteiger partial charge < -0.3 is 25.5 Å². The molecule has 0 amide bonds. The highest BCUT2D eigenvalue weighted by atomic mass is 32.2. The van der Waals surface area contributed by atoms with Crippen molar-refractivity contribution in [3.05, 3.63) is 149 Å². The third-order valence-electron chi connectivity index (χ3n) is 13.6. The van der Waals surface area contributed by atoms with E-state index in [0.717, 1.165) is 96.1 Å². The zero-order valence-corrected chi connectivity index (χ0v) is 50.1. The van der Waals surface area contributed by atoms with Gasteiger partial charge in [-0.25, -0.2) is 19.9 Å². The number of phenolic OH excluding ortho intramolecular Hbond substituents is 5. The Kier molecular flexibility index (Phi) is 18.6. The summed E-state index contributed by atoms with van der Waals surface area (Å²) in [5, 5.41) is 59.3. The normalized spacial score (nSPS) is 11.4. The van der Waals surface area contributed by atoms with Gasteiger partial charge in [0.1, 0.15) is 28.7 Å². The molecular weight excluding hydrogens is 1070 g/mol. The quantitative estimate of drug-likeness (QED) is 0.0461. The van der Waals surface area contributed by atoms with Crippen molar-refractivity contribution in [2.24, 2.45) is 0 Å². The highest BCUT2D eigenvalue weighted by molar-refractivity contribution is 8.00. The zero-order chi connectivity index (χ0) is 56.8. The number of rotatable bonds is 20. The molecule has 0 radical (unpaired) electrons. The average molecular weight is 1140 g/mol. The minimum Gasteiger partial charge on any atom is -0.507 e. The van der Waals surface area contributed by atoms with Crippen LogP contribution in [0.3, 0.4) is 0 Å². The summed E-state index contributed by atoms with van der Waals surface area (Å²) in [4.78, 5) is 25.0. The first kappa shape index (κ1) is 57.8. The van der Waals surface area contributed by atoms with Crippen molar-refractivity contribution in [3.63, 3.8) is 0 Å². The smallest absolute Gasteiger partial charge is 0.134 e. The molecule has 9 rings (SSSR count). The third kappa shape index (κ3) is 12.8. The number of benzene rings is 5. The van der Waals surface area contributed by atoms with Gasteiger partial charge in [-0.05, 0) is 197 Å². The van der Waals surface area contributed by atoms with Gasteiger partial charge in [0, 0.05) is 53.0 Å². The van der Waals surface area contributed by atoms with Crippen LogP contribution in [0.4, 0.5) is 0 Å². The van der Waals surface area contributed by atoms with E-state index in [2.05, 4.69) is 39.8 Å². The van der Waals surface area contributed by atoms with Gasteiger partial charge in [0.25, 0.3) is 0 Å². The zero-order valence-electron chi connectivity index (χ0n) is 46.9. The van der Waals surface area contributed by atoms with E-state index in [1.165, 1.54) is 0 Å². The predicted molar refractivity (Wildman–Crippen MR) is 337 cm³/mol. The SMILES string of the molecule is CCCSc1cc(-c2cc(C)ccc2O)nc(-c2c(C)ccc(O)c2-c2cc(SCCC)cc(-c3cc(C)cc(-c4cc(SCCC)cc(-c5c(O)ccc(C)c5-c5cc(SCCC)cc(-c6cc(C)ccc6O)n5)n4)c3O)n2)c1. The summed E-state index contributed by atoms with van der Waals surface area (Å²) in [5.41, 5.74) is 13.9. The molecule has 0 unspecified atom stereocenters. The summed E-state index contributed by atoms with van der Waals surface area (Å²) in [6.45, 7) is 18.6. The lowest BCUT2D eigenvalue weighted by molar-refractivity contribution is 0.476. The number of aryl methyl sites for hydroxylation is 5. The van der Waals surface area contributed by atoms with Crippen LogP contribution < -0.4 is 0 Å². The molecule has 4 aromatic heterocycles. The third-order valence-corrected chi connectivity index (χ3v) is 18.3. The molecule has 0 spiro atoms. The second-order valence-electron chi connectivity index (χ2n) is 20.2. The fourth-order valence-corrected chi connectivity index (χ4v) is 13.1. The number of aromatic nitrogens is 4. The molecule has 0 aliphatic carbocycles. The van der Waals surface area contributed by atoms with Gasteiger partial charge in [-0.15, -0.1) is 47.0 Å². The standard InChI is InChI=1S/C67H68N4O5S4/c1-10-22-77-43-30-51(47-26-38(5)14-18-59(47)72)68-55(34-43)63-41(8)16-20-61(74)65(63)57-36-45(79-24-12-3)32-53(70-57)49-28-40(7)29-50(67(49)76)54-33-46(80-25-13-4)37-58(71-54)66-62(75)21-17-42(9)64(66)56-35-44(78-23-11-2)31-52(69-56)48-27-39(6)15-19-60(48)73/h14-21,26-37,72-76H,10-13,22-25H2,1-9H3. The van der Waals surface area contributed by atoms with Gasteiger partial charge in [-0.3, -0.25) is 0 Å². The molecule has 0 bridgehead atoms. The van der Waals surface area contributed by atoms with Gasteiger partial charge in [-0.1, -0.05) is 63.1 Å². The molecule has 5 N–H and O–H groups in total. The van der Waals surface area contributed by atoms with Crippen LogP contribution in [0.2, 0.25) is 0 Å². The average Bonchev–Trinajstić information content (AvgIpc) is 3.52. The molecule has 0 saturated carbocycles. The molecule has 5 aromatic carbocycles. The van der Waals surface area contributed by atoms with E-state index in [9.17, 15) is 25.5 Å². The maximum Gasteiger partial charge on any atom is 0.134 e. The van der Waals surface area contributed by atoms with Gasteiger partial charge in [-0.2, -0.15) is 0 Å². The van der Waals surface area contributed by atoms with Crippen molar-refractivity contribution >= 4 is 47.0 Å². The Hall–Kier alpha value is -6.90. The molecule has 4 heterocycles. The van der Waals surface area contributed by atoms with Crippen molar-refractivity contribution in [3.8, 4) is 119 Å². The summed E-state index contributed by atoms with van der Waals surface area (Å²) >= 11 is 6.81. The first-order valence-corrected chi connectivity index (χ1v) is 31.2. The Morgan fingerprint density at radius 2 is 0.575 bits per heavy atom. The Bertz CT molecular complexity index is 3530. The van der Waals surface area contributed by atoms with E-state index < -0.39 is 0 Å². The van der Waals surface area contributed by atoms with Crippen LogP contribution >= 0.6 is 47.0 Å². The number of hydrogen-bond donors (Lipinski definition) is 5.